The Morgan fingerprint density at radius 2 is 1.65 bits per heavy atom. The minimum Gasteiger partial charge on any atom is -0.493 e. The van der Waals surface area contributed by atoms with Gasteiger partial charge >= 0.3 is 0 Å². The lowest BCUT2D eigenvalue weighted by molar-refractivity contribution is -0.122. The fraction of sp³-hybridized carbons (Fsp3) is 0.333. The van der Waals surface area contributed by atoms with Crippen LogP contribution in [0.4, 0.5) is 5.69 Å². The fourth-order valence-electron chi connectivity index (χ4n) is 4.52. The van der Waals surface area contributed by atoms with Crippen molar-refractivity contribution < 1.29 is 23.8 Å². The van der Waals surface area contributed by atoms with Gasteiger partial charge in [-0.3, -0.25) is 9.59 Å². The fourth-order valence-corrected chi connectivity index (χ4v) is 4.52. The van der Waals surface area contributed by atoms with E-state index < -0.39 is 6.10 Å². The maximum Gasteiger partial charge on any atom is 0.265 e. The number of rotatable bonds is 10. The first kappa shape index (κ1) is 26.1. The van der Waals surface area contributed by atoms with Crippen LogP contribution < -0.4 is 24.8 Å². The predicted octanol–water partition coefficient (Wildman–Crippen LogP) is 4.96. The average molecular weight is 503 g/mol. The molecule has 3 aromatic carbocycles. The quantitative estimate of drug-likeness (QED) is 0.409. The van der Waals surface area contributed by atoms with Crippen LogP contribution in [0.2, 0.25) is 0 Å². The van der Waals surface area contributed by atoms with Gasteiger partial charge in [0, 0.05) is 6.54 Å². The van der Waals surface area contributed by atoms with Crippen molar-refractivity contribution in [3.05, 3.63) is 82.9 Å². The summed E-state index contributed by atoms with van der Waals surface area (Å²) in [6.07, 6.45) is 4.43. The van der Waals surface area contributed by atoms with Crippen LogP contribution in [0, 0.1) is 0 Å². The molecule has 0 saturated carbocycles. The van der Waals surface area contributed by atoms with E-state index in [1.54, 1.807) is 45.4 Å². The van der Waals surface area contributed by atoms with Gasteiger partial charge in [0.2, 0.25) is 0 Å². The monoisotopic (exact) mass is 502 g/mol. The second-order valence-electron chi connectivity index (χ2n) is 9.13. The minimum atomic E-state index is -0.720. The molecule has 7 nitrogen and oxygen atoms in total. The number of nitrogens with one attached hydrogen (secondary N) is 2. The molecule has 0 unspecified atom stereocenters. The van der Waals surface area contributed by atoms with Crippen molar-refractivity contribution in [2.24, 2.45) is 0 Å². The number of carbonyl (C=O) groups is 2. The third-order valence-electron chi connectivity index (χ3n) is 6.58. The van der Waals surface area contributed by atoms with Gasteiger partial charge in [-0.2, -0.15) is 0 Å². The number of hydrogen-bond acceptors (Lipinski definition) is 5. The summed E-state index contributed by atoms with van der Waals surface area (Å²) in [5.41, 5.74) is 4.50. The summed E-state index contributed by atoms with van der Waals surface area (Å²) in [4.78, 5) is 25.8. The Balaban J connectivity index is 1.34. The first-order valence-corrected chi connectivity index (χ1v) is 12.7. The number of methoxy groups -OCH3 is 2. The highest BCUT2D eigenvalue weighted by molar-refractivity contribution is 6.04. The first-order valence-electron chi connectivity index (χ1n) is 12.7. The number of fused-ring (bicyclic) bond motifs is 1. The molecule has 37 heavy (non-hydrogen) atoms. The Morgan fingerprint density at radius 1 is 0.892 bits per heavy atom. The predicted molar refractivity (Wildman–Crippen MR) is 144 cm³/mol. The molecule has 0 saturated heterocycles. The number of ether oxygens (including phenoxy) is 3. The number of aryl methyl sites for hydroxylation is 2. The van der Waals surface area contributed by atoms with Gasteiger partial charge in [-0.25, -0.2) is 0 Å². The van der Waals surface area contributed by atoms with Crippen molar-refractivity contribution in [2.75, 3.05) is 26.1 Å². The standard InChI is InChI=1S/C30H34N2O5/c1-20(37-24-14-13-22-8-4-5-9-23(22)19-24)29(33)32-26-11-7-6-10-25(26)30(34)31-17-16-21-12-15-27(35-2)28(18-21)36-3/h6-7,10-15,18-20H,4-5,8-9,16-17H2,1-3H3,(H,31,34)(H,32,33)/t20-/m1/s1. The summed E-state index contributed by atoms with van der Waals surface area (Å²) in [5.74, 6) is 1.41. The maximum atomic E-state index is 12.9. The van der Waals surface area contributed by atoms with Crippen molar-refractivity contribution in [1.82, 2.24) is 5.32 Å². The molecule has 0 aliphatic heterocycles. The Labute approximate surface area is 218 Å². The topological polar surface area (TPSA) is 85.9 Å². The molecule has 4 rings (SSSR count). The van der Waals surface area contributed by atoms with Crippen molar-refractivity contribution in [3.63, 3.8) is 0 Å². The lowest BCUT2D eigenvalue weighted by Crippen LogP contribution is -2.32. The largest absolute Gasteiger partial charge is 0.493 e. The van der Waals surface area contributed by atoms with Gasteiger partial charge in [0.1, 0.15) is 5.75 Å². The van der Waals surface area contributed by atoms with Crippen LogP contribution in [-0.2, 0) is 24.1 Å². The summed E-state index contributed by atoms with van der Waals surface area (Å²) in [7, 11) is 3.18. The van der Waals surface area contributed by atoms with E-state index in [9.17, 15) is 9.59 Å². The Kier molecular flexibility index (Phi) is 8.67. The highest BCUT2D eigenvalue weighted by Gasteiger charge is 2.19. The molecule has 0 fully saturated rings. The number of carbonyl (C=O) groups excluding carboxylic acids is 2. The van der Waals surface area contributed by atoms with Crippen LogP contribution in [-0.4, -0.2) is 38.7 Å². The summed E-state index contributed by atoms with van der Waals surface area (Å²) in [6.45, 7) is 2.13. The Hall–Kier alpha value is -4.00. The van der Waals surface area contributed by atoms with Gasteiger partial charge in [0.15, 0.2) is 17.6 Å². The van der Waals surface area contributed by atoms with Crippen molar-refractivity contribution in [3.8, 4) is 17.2 Å². The van der Waals surface area contributed by atoms with E-state index in [2.05, 4.69) is 16.7 Å². The zero-order valence-electron chi connectivity index (χ0n) is 21.6. The molecule has 1 aliphatic rings. The molecule has 0 radical (unpaired) electrons. The second kappa shape index (κ2) is 12.3. The number of benzene rings is 3. The van der Waals surface area contributed by atoms with Gasteiger partial charge in [-0.05, 0) is 92.1 Å². The van der Waals surface area contributed by atoms with Crippen molar-refractivity contribution >= 4 is 17.5 Å². The molecule has 0 spiro atoms. The summed E-state index contributed by atoms with van der Waals surface area (Å²) >= 11 is 0. The lowest BCUT2D eigenvalue weighted by Gasteiger charge is -2.19. The maximum absolute atomic E-state index is 12.9. The Morgan fingerprint density at radius 3 is 2.43 bits per heavy atom. The third kappa shape index (κ3) is 6.61. The van der Waals surface area contributed by atoms with Crippen molar-refractivity contribution in [1.29, 1.82) is 0 Å². The van der Waals surface area contributed by atoms with Crippen LogP contribution in [0.15, 0.2) is 60.7 Å². The SMILES string of the molecule is COc1ccc(CCNC(=O)c2ccccc2NC(=O)[C@@H](C)Oc2ccc3c(c2)CCCC3)cc1OC. The van der Waals surface area contributed by atoms with E-state index in [1.165, 1.54) is 24.0 Å². The van der Waals surface area contributed by atoms with Gasteiger partial charge in [-0.1, -0.05) is 24.3 Å². The normalized spacial score (nSPS) is 13.2. The summed E-state index contributed by atoms with van der Waals surface area (Å²) in [6, 6.07) is 18.7. The second-order valence-corrected chi connectivity index (χ2v) is 9.13. The minimum absolute atomic E-state index is 0.264. The van der Waals surface area contributed by atoms with E-state index in [-0.39, 0.29) is 11.8 Å². The summed E-state index contributed by atoms with van der Waals surface area (Å²) < 4.78 is 16.5. The molecule has 194 valence electrons. The van der Waals surface area contributed by atoms with Crippen molar-refractivity contribution in [2.45, 2.75) is 45.1 Å². The van der Waals surface area contributed by atoms with Gasteiger partial charge in [0.25, 0.3) is 11.8 Å². The molecular weight excluding hydrogens is 468 g/mol. The number of hydrogen-bond donors (Lipinski definition) is 2. The smallest absolute Gasteiger partial charge is 0.265 e. The average Bonchev–Trinajstić information content (AvgIpc) is 2.93. The van der Waals surface area contributed by atoms with E-state index in [0.717, 1.165) is 18.4 Å². The first-order chi connectivity index (χ1) is 18.0. The number of anilines is 1. The molecule has 0 aromatic heterocycles. The molecule has 2 N–H and O–H groups in total. The molecule has 2 amide bonds. The zero-order valence-corrected chi connectivity index (χ0v) is 21.6. The van der Waals surface area contributed by atoms with Crippen LogP contribution in [0.25, 0.3) is 0 Å². The van der Waals surface area contributed by atoms with E-state index in [1.807, 2.05) is 30.3 Å². The number of amides is 2. The molecule has 7 heteroatoms. The van der Waals surface area contributed by atoms with Crippen LogP contribution in [0.3, 0.4) is 0 Å². The molecule has 0 heterocycles. The molecule has 0 bridgehead atoms. The zero-order chi connectivity index (χ0) is 26.2. The highest BCUT2D eigenvalue weighted by Crippen LogP contribution is 2.28. The van der Waals surface area contributed by atoms with Crippen LogP contribution in [0.5, 0.6) is 17.2 Å². The van der Waals surface area contributed by atoms with E-state index >= 15 is 0 Å². The van der Waals surface area contributed by atoms with E-state index in [4.69, 9.17) is 14.2 Å². The van der Waals surface area contributed by atoms with E-state index in [0.29, 0.717) is 41.5 Å². The van der Waals surface area contributed by atoms with Gasteiger partial charge in [0.05, 0.1) is 25.5 Å². The lowest BCUT2D eigenvalue weighted by atomic mass is 9.92. The number of para-hydroxylation sites is 1. The molecule has 3 aromatic rings. The summed E-state index contributed by atoms with van der Waals surface area (Å²) in [5, 5.41) is 5.79. The Bertz CT molecular complexity index is 1260. The molecule has 1 atom stereocenters. The van der Waals surface area contributed by atoms with Gasteiger partial charge < -0.3 is 24.8 Å². The van der Waals surface area contributed by atoms with Crippen LogP contribution >= 0.6 is 0 Å². The molecule has 1 aliphatic carbocycles. The highest BCUT2D eigenvalue weighted by atomic mass is 16.5. The third-order valence-corrected chi connectivity index (χ3v) is 6.58. The van der Waals surface area contributed by atoms with Crippen LogP contribution in [0.1, 0.15) is 46.8 Å². The molecular formula is C30H34N2O5. The van der Waals surface area contributed by atoms with Gasteiger partial charge in [-0.15, -0.1) is 0 Å².